The van der Waals surface area contributed by atoms with Gasteiger partial charge < -0.3 is 4.90 Å². The molecular weight excluding hydrogens is 453 g/mol. The van der Waals surface area contributed by atoms with E-state index < -0.39 is 9.84 Å². The number of fused-ring (bicyclic) bond motifs is 1. The van der Waals surface area contributed by atoms with Crippen molar-refractivity contribution in [3.05, 3.63) is 70.3 Å². The molecule has 10 heteroatoms. The van der Waals surface area contributed by atoms with Crippen LogP contribution in [0, 0.1) is 5.82 Å². The first-order chi connectivity index (χ1) is 15.2. The lowest BCUT2D eigenvalue weighted by molar-refractivity contribution is -0.128. The van der Waals surface area contributed by atoms with Gasteiger partial charge in [0.1, 0.15) is 5.82 Å². The molecule has 1 atom stereocenters. The average Bonchev–Trinajstić information content (AvgIpc) is 3.14. The highest BCUT2D eigenvalue weighted by molar-refractivity contribution is 7.99. The summed E-state index contributed by atoms with van der Waals surface area (Å²) in [6, 6.07) is 12.5. The molecule has 3 aromatic rings. The van der Waals surface area contributed by atoms with Gasteiger partial charge in [-0.1, -0.05) is 36.0 Å². The second-order valence-electron chi connectivity index (χ2n) is 7.78. The Balaban J connectivity index is 1.60. The normalized spacial score (nSPS) is 17.5. The first kappa shape index (κ1) is 22.5. The van der Waals surface area contributed by atoms with Crippen LogP contribution in [0.3, 0.4) is 0 Å². The molecule has 1 aliphatic heterocycles. The molecule has 1 aliphatic rings. The molecule has 0 unspecified atom stereocenters. The number of hydrogen-bond acceptors (Lipinski definition) is 6. The Morgan fingerprint density at radius 1 is 1.22 bits per heavy atom. The van der Waals surface area contributed by atoms with Gasteiger partial charge in [-0.3, -0.25) is 14.2 Å². The van der Waals surface area contributed by atoms with E-state index in [0.29, 0.717) is 22.5 Å². The van der Waals surface area contributed by atoms with Gasteiger partial charge in [-0.15, -0.1) is 0 Å². The van der Waals surface area contributed by atoms with Gasteiger partial charge in [0.05, 0.1) is 34.7 Å². The van der Waals surface area contributed by atoms with Crippen LogP contribution in [0.15, 0.2) is 58.5 Å². The van der Waals surface area contributed by atoms with E-state index in [-0.39, 0.29) is 47.1 Å². The Kier molecular flexibility index (Phi) is 6.34. The second kappa shape index (κ2) is 9.03. The van der Waals surface area contributed by atoms with E-state index >= 15 is 0 Å². The van der Waals surface area contributed by atoms with Crippen molar-refractivity contribution >= 4 is 38.4 Å². The first-order valence-electron chi connectivity index (χ1n) is 10.1. The zero-order chi connectivity index (χ0) is 22.9. The lowest BCUT2D eigenvalue weighted by Crippen LogP contribution is -2.39. The van der Waals surface area contributed by atoms with Crippen molar-refractivity contribution in [3.8, 4) is 0 Å². The first-order valence-corrected chi connectivity index (χ1v) is 12.9. The van der Waals surface area contributed by atoms with E-state index in [1.807, 2.05) is 0 Å². The SMILES string of the molecule is CN(C(=O)CSc1nc2ccccc2c(=O)n1Cc1ccc(F)cc1)[C@H]1CCS(=O)(=O)C1. The maximum absolute atomic E-state index is 13.3. The van der Waals surface area contributed by atoms with Gasteiger partial charge in [0.25, 0.3) is 5.56 Å². The van der Waals surface area contributed by atoms with E-state index in [4.69, 9.17) is 0 Å². The summed E-state index contributed by atoms with van der Waals surface area (Å²) in [6.07, 6.45) is 0.429. The van der Waals surface area contributed by atoms with Crippen LogP contribution >= 0.6 is 11.8 Å². The lowest BCUT2D eigenvalue weighted by Gasteiger charge is -2.23. The topological polar surface area (TPSA) is 89.3 Å². The molecule has 2 heterocycles. The van der Waals surface area contributed by atoms with Crippen LogP contribution in [0.2, 0.25) is 0 Å². The molecule has 32 heavy (non-hydrogen) atoms. The van der Waals surface area contributed by atoms with Crippen LogP contribution in [-0.4, -0.2) is 59.1 Å². The Morgan fingerprint density at radius 3 is 2.62 bits per heavy atom. The number of para-hydroxylation sites is 1. The van der Waals surface area contributed by atoms with Crippen LogP contribution in [0.25, 0.3) is 10.9 Å². The Labute approximate surface area is 189 Å². The summed E-state index contributed by atoms with van der Waals surface area (Å²) in [5, 5.41) is 0.831. The maximum Gasteiger partial charge on any atom is 0.262 e. The standard InChI is InChI=1S/C22H22FN3O4S2/c1-25(17-10-11-32(29,30)14-17)20(27)13-31-22-24-19-5-3-2-4-18(19)21(28)26(22)12-15-6-8-16(23)9-7-15/h2-9,17H,10-14H2,1H3/t17-/m0/s1. The van der Waals surface area contributed by atoms with E-state index in [9.17, 15) is 22.4 Å². The summed E-state index contributed by atoms with van der Waals surface area (Å²) in [7, 11) is -1.50. The van der Waals surface area contributed by atoms with E-state index in [0.717, 1.165) is 17.3 Å². The van der Waals surface area contributed by atoms with Crippen LogP contribution in [0.4, 0.5) is 4.39 Å². The molecule has 2 aromatic carbocycles. The largest absolute Gasteiger partial charge is 0.341 e. The smallest absolute Gasteiger partial charge is 0.262 e. The summed E-state index contributed by atoms with van der Waals surface area (Å²) in [4.78, 5) is 31.9. The molecule has 1 saturated heterocycles. The van der Waals surface area contributed by atoms with Crippen LogP contribution in [0.5, 0.6) is 0 Å². The lowest BCUT2D eigenvalue weighted by atomic mass is 10.2. The molecule has 1 aromatic heterocycles. The molecule has 0 spiro atoms. The second-order valence-corrected chi connectivity index (χ2v) is 11.0. The van der Waals surface area contributed by atoms with Gasteiger partial charge in [0.2, 0.25) is 5.91 Å². The molecular formula is C22H22FN3O4S2. The number of carbonyl (C=O) groups is 1. The number of thioether (sulfide) groups is 1. The summed E-state index contributed by atoms with van der Waals surface area (Å²) in [5.74, 6) is -0.515. The van der Waals surface area contributed by atoms with Crippen molar-refractivity contribution in [1.82, 2.24) is 14.5 Å². The number of halogens is 1. The van der Waals surface area contributed by atoms with Crippen molar-refractivity contribution in [2.24, 2.45) is 0 Å². The van der Waals surface area contributed by atoms with E-state index in [1.54, 1.807) is 43.4 Å². The Morgan fingerprint density at radius 2 is 1.94 bits per heavy atom. The van der Waals surface area contributed by atoms with Gasteiger partial charge in [0.15, 0.2) is 15.0 Å². The summed E-state index contributed by atoms with van der Waals surface area (Å²) in [5.41, 5.74) is 1.01. The number of aromatic nitrogens is 2. The molecule has 0 bridgehead atoms. The van der Waals surface area contributed by atoms with Crippen molar-refractivity contribution in [2.75, 3.05) is 24.3 Å². The third-order valence-corrected chi connectivity index (χ3v) is 8.27. The predicted octanol–water partition coefficient (Wildman–Crippen LogP) is 2.32. The van der Waals surface area contributed by atoms with E-state index in [1.165, 1.54) is 21.6 Å². The highest BCUT2D eigenvalue weighted by Crippen LogP contribution is 2.22. The molecule has 0 aliphatic carbocycles. The minimum Gasteiger partial charge on any atom is -0.341 e. The highest BCUT2D eigenvalue weighted by Gasteiger charge is 2.32. The molecule has 0 N–H and O–H groups in total. The van der Waals surface area contributed by atoms with Gasteiger partial charge in [-0.2, -0.15) is 0 Å². The summed E-state index contributed by atoms with van der Waals surface area (Å²) < 4.78 is 38.2. The zero-order valence-electron chi connectivity index (χ0n) is 17.4. The molecule has 1 fully saturated rings. The summed E-state index contributed by atoms with van der Waals surface area (Å²) in [6.45, 7) is 0.185. The van der Waals surface area contributed by atoms with Crippen molar-refractivity contribution < 1.29 is 17.6 Å². The Bertz CT molecular complexity index is 1320. The van der Waals surface area contributed by atoms with Gasteiger partial charge >= 0.3 is 0 Å². The van der Waals surface area contributed by atoms with Crippen molar-refractivity contribution in [1.29, 1.82) is 0 Å². The fourth-order valence-electron chi connectivity index (χ4n) is 3.68. The maximum atomic E-state index is 13.3. The molecule has 0 saturated carbocycles. The minimum absolute atomic E-state index is 0.0151. The number of carbonyl (C=O) groups excluding carboxylic acids is 1. The van der Waals surface area contributed by atoms with Crippen LogP contribution in [-0.2, 0) is 21.2 Å². The monoisotopic (exact) mass is 475 g/mol. The fourth-order valence-corrected chi connectivity index (χ4v) is 6.38. The predicted molar refractivity (Wildman–Crippen MR) is 122 cm³/mol. The number of benzene rings is 2. The third-order valence-electron chi connectivity index (χ3n) is 5.55. The van der Waals surface area contributed by atoms with Crippen molar-refractivity contribution in [2.45, 2.75) is 24.2 Å². The van der Waals surface area contributed by atoms with Gasteiger partial charge in [-0.25, -0.2) is 17.8 Å². The van der Waals surface area contributed by atoms with Crippen molar-refractivity contribution in [3.63, 3.8) is 0 Å². The Hall–Kier alpha value is -2.72. The van der Waals surface area contributed by atoms with Gasteiger partial charge in [-0.05, 0) is 36.2 Å². The molecule has 1 amide bonds. The highest BCUT2D eigenvalue weighted by atomic mass is 32.2. The number of rotatable bonds is 6. The van der Waals surface area contributed by atoms with Gasteiger partial charge in [0, 0.05) is 13.1 Å². The number of amides is 1. The van der Waals surface area contributed by atoms with Crippen LogP contribution < -0.4 is 5.56 Å². The number of nitrogens with zero attached hydrogens (tertiary/aromatic N) is 3. The number of sulfone groups is 1. The zero-order valence-corrected chi connectivity index (χ0v) is 19.0. The van der Waals surface area contributed by atoms with E-state index in [2.05, 4.69) is 4.98 Å². The quantitative estimate of drug-likeness (QED) is 0.402. The molecule has 0 radical (unpaired) electrons. The molecule has 168 valence electrons. The number of hydrogen-bond donors (Lipinski definition) is 0. The van der Waals surface area contributed by atoms with Crippen LogP contribution in [0.1, 0.15) is 12.0 Å². The average molecular weight is 476 g/mol. The summed E-state index contributed by atoms with van der Waals surface area (Å²) >= 11 is 1.13. The minimum atomic E-state index is -3.10. The molecule has 7 nitrogen and oxygen atoms in total. The fraction of sp³-hybridized carbons (Fsp3) is 0.318. The third kappa shape index (κ3) is 4.86. The molecule has 4 rings (SSSR count).